The van der Waals surface area contributed by atoms with Gasteiger partial charge in [-0.2, -0.15) is 0 Å². The van der Waals surface area contributed by atoms with Crippen molar-refractivity contribution in [3.05, 3.63) is 34.8 Å². The average Bonchev–Trinajstić information content (AvgIpc) is 3.28. The number of methoxy groups -OCH3 is 1. The molecule has 21 heavy (non-hydrogen) atoms. The molecule has 1 aromatic carbocycles. The fourth-order valence-corrected chi connectivity index (χ4v) is 3.60. The third-order valence-corrected chi connectivity index (χ3v) is 4.90. The Morgan fingerprint density at radius 3 is 2.81 bits per heavy atom. The second-order valence-corrected chi connectivity index (χ2v) is 6.40. The van der Waals surface area contributed by atoms with E-state index in [9.17, 15) is 0 Å². The van der Waals surface area contributed by atoms with Crippen LogP contribution in [0.25, 0.3) is 0 Å². The molecule has 112 valence electrons. The highest BCUT2D eigenvalue weighted by molar-refractivity contribution is 7.15. The first kappa shape index (κ1) is 14.4. The van der Waals surface area contributed by atoms with Gasteiger partial charge in [0.25, 0.3) is 0 Å². The maximum absolute atomic E-state index is 5.46. The van der Waals surface area contributed by atoms with E-state index in [0.29, 0.717) is 5.92 Å². The monoisotopic (exact) mass is 303 g/mol. The number of nitrogens with zero attached hydrogens (tertiary/aromatic N) is 2. The molecule has 4 nitrogen and oxygen atoms in total. The van der Waals surface area contributed by atoms with Gasteiger partial charge in [-0.25, -0.2) is 4.98 Å². The number of anilines is 2. The highest BCUT2D eigenvalue weighted by Gasteiger charge is 2.30. The summed E-state index contributed by atoms with van der Waals surface area (Å²) in [5.74, 6) is 1.54. The van der Waals surface area contributed by atoms with Crippen molar-refractivity contribution >= 4 is 22.2 Å². The Kier molecular flexibility index (Phi) is 4.12. The number of hydrogen-bond acceptors (Lipinski definition) is 5. The number of aromatic nitrogens is 1. The predicted octanol–water partition coefficient (Wildman–Crippen LogP) is 3.52. The predicted molar refractivity (Wildman–Crippen MR) is 87.9 cm³/mol. The van der Waals surface area contributed by atoms with Crippen LogP contribution in [-0.4, -0.2) is 26.2 Å². The normalized spacial score (nSPS) is 14.2. The van der Waals surface area contributed by atoms with Crippen molar-refractivity contribution in [3.8, 4) is 5.75 Å². The minimum atomic E-state index is 0.671. The fourth-order valence-electron chi connectivity index (χ4n) is 2.47. The van der Waals surface area contributed by atoms with E-state index in [-0.39, 0.29) is 0 Å². The minimum Gasteiger partial charge on any atom is -0.495 e. The summed E-state index contributed by atoms with van der Waals surface area (Å²) in [4.78, 5) is 8.37. The Hall–Kier alpha value is -1.59. The van der Waals surface area contributed by atoms with E-state index in [1.165, 1.54) is 23.4 Å². The molecular weight excluding hydrogens is 282 g/mol. The van der Waals surface area contributed by atoms with Crippen LogP contribution in [0.4, 0.5) is 10.8 Å². The number of benzene rings is 1. The van der Waals surface area contributed by atoms with E-state index in [2.05, 4.69) is 23.3 Å². The zero-order valence-corrected chi connectivity index (χ0v) is 13.5. The van der Waals surface area contributed by atoms with Crippen LogP contribution in [0.3, 0.4) is 0 Å². The van der Waals surface area contributed by atoms with E-state index >= 15 is 0 Å². The number of ether oxygens (including phenoxy) is 1. The summed E-state index contributed by atoms with van der Waals surface area (Å²) in [6.45, 7) is 0.892. The minimum absolute atomic E-state index is 0.671. The van der Waals surface area contributed by atoms with Crippen LogP contribution < -0.4 is 15.0 Å². The van der Waals surface area contributed by atoms with Crippen LogP contribution >= 0.6 is 11.3 Å². The molecule has 0 saturated heterocycles. The largest absolute Gasteiger partial charge is 0.495 e. The van der Waals surface area contributed by atoms with Crippen LogP contribution in [0.2, 0.25) is 0 Å². The highest BCUT2D eigenvalue weighted by Crippen LogP contribution is 2.45. The lowest BCUT2D eigenvalue weighted by molar-refractivity contribution is 0.415. The molecule has 2 aromatic rings. The summed E-state index contributed by atoms with van der Waals surface area (Å²) < 4.78 is 5.46. The number of thiazole rings is 1. The third-order valence-electron chi connectivity index (χ3n) is 3.75. The summed E-state index contributed by atoms with van der Waals surface area (Å²) in [6, 6.07) is 8.06. The lowest BCUT2D eigenvalue weighted by Gasteiger charge is -2.18. The fraction of sp³-hybridized carbons (Fsp3) is 0.438. The first-order valence-electron chi connectivity index (χ1n) is 7.25. The third kappa shape index (κ3) is 2.89. The lowest BCUT2D eigenvalue weighted by Crippen LogP contribution is -2.10. The summed E-state index contributed by atoms with van der Waals surface area (Å²) in [5, 5.41) is 4.28. The van der Waals surface area contributed by atoms with Gasteiger partial charge in [-0.1, -0.05) is 23.5 Å². The lowest BCUT2D eigenvalue weighted by atomic mass is 10.2. The molecule has 0 aliphatic heterocycles. The van der Waals surface area contributed by atoms with Crippen molar-refractivity contribution < 1.29 is 4.74 Å². The van der Waals surface area contributed by atoms with Crippen LogP contribution in [-0.2, 0) is 6.54 Å². The Morgan fingerprint density at radius 1 is 1.38 bits per heavy atom. The molecule has 5 heteroatoms. The van der Waals surface area contributed by atoms with Gasteiger partial charge in [0, 0.05) is 24.4 Å². The molecule has 1 fully saturated rings. The van der Waals surface area contributed by atoms with E-state index in [0.717, 1.165) is 23.1 Å². The van der Waals surface area contributed by atoms with Gasteiger partial charge in [-0.15, -0.1) is 0 Å². The Morgan fingerprint density at radius 2 is 2.14 bits per heavy atom. The average molecular weight is 303 g/mol. The van der Waals surface area contributed by atoms with Gasteiger partial charge in [0.2, 0.25) is 0 Å². The van der Waals surface area contributed by atoms with Gasteiger partial charge in [-0.05, 0) is 32.0 Å². The van der Waals surface area contributed by atoms with E-state index in [1.807, 2.05) is 25.2 Å². The molecule has 1 saturated carbocycles. The second-order valence-electron chi connectivity index (χ2n) is 5.34. The highest BCUT2D eigenvalue weighted by atomic mass is 32.1. The summed E-state index contributed by atoms with van der Waals surface area (Å²) in [6.07, 6.45) is 2.55. The molecule has 1 aliphatic rings. The van der Waals surface area contributed by atoms with Gasteiger partial charge in [-0.3, -0.25) is 0 Å². The number of hydrogen-bond donors (Lipinski definition) is 1. The molecule has 3 rings (SSSR count). The first-order chi connectivity index (χ1) is 10.2. The van der Waals surface area contributed by atoms with Gasteiger partial charge in [0.1, 0.15) is 5.75 Å². The molecule has 0 radical (unpaired) electrons. The summed E-state index contributed by atoms with van der Waals surface area (Å²) in [7, 11) is 5.74. The van der Waals surface area contributed by atoms with Gasteiger partial charge >= 0.3 is 0 Å². The van der Waals surface area contributed by atoms with E-state index in [1.54, 1.807) is 18.4 Å². The molecule has 1 N–H and O–H groups in total. The van der Waals surface area contributed by atoms with Crippen LogP contribution in [0.1, 0.15) is 29.3 Å². The first-order valence-corrected chi connectivity index (χ1v) is 8.07. The number of para-hydroxylation sites is 2. The summed E-state index contributed by atoms with van der Waals surface area (Å²) in [5.41, 5.74) is 2.33. The van der Waals surface area contributed by atoms with Crippen molar-refractivity contribution in [1.82, 2.24) is 10.3 Å². The van der Waals surface area contributed by atoms with Gasteiger partial charge < -0.3 is 15.0 Å². The SMILES string of the molecule is CNCc1sc(N(C)c2ccccc2OC)nc1C1CC1. The smallest absolute Gasteiger partial charge is 0.190 e. The zero-order chi connectivity index (χ0) is 14.8. The summed E-state index contributed by atoms with van der Waals surface area (Å²) >= 11 is 1.77. The maximum Gasteiger partial charge on any atom is 0.190 e. The Balaban J connectivity index is 1.93. The zero-order valence-electron chi connectivity index (χ0n) is 12.7. The molecular formula is C16H21N3OS. The molecule has 0 bridgehead atoms. The van der Waals surface area contributed by atoms with Crippen LogP contribution in [0.5, 0.6) is 5.75 Å². The second kappa shape index (κ2) is 6.03. The van der Waals surface area contributed by atoms with Crippen molar-refractivity contribution in [3.63, 3.8) is 0 Å². The van der Waals surface area contributed by atoms with Crippen molar-refractivity contribution in [2.75, 3.05) is 26.1 Å². The molecule has 1 aromatic heterocycles. The van der Waals surface area contributed by atoms with Crippen molar-refractivity contribution in [2.45, 2.75) is 25.3 Å². The van der Waals surface area contributed by atoms with Crippen LogP contribution in [0.15, 0.2) is 24.3 Å². The topological polar surface area (TPSA) is 37.4 Å². The Labute approximate surface area is 129 Å². The molecule has 0 atom stereocenters. The quantitative estimate of drug-likeness (QED) is 0.886. The van der Waals surface area contributed by atoms with Gasteiger partial charge in [0.15, 0.2) is 5.13 Å². The van der Waals surface area contributed by atoms with E-state index in [4.69, 9.17) is 9.72 Å². The Bertz CT molecular complexity index is 622. The maximum atomic E-state index is 5.46. The standard InChI is InChI=1S/C16H21N3OS/c1-17-10-14-15(11-8-9-11)18-16(21-14)19(2)12-6-4-5-7-13(12)20-3/h4-7,11,17H,8-10H2,1-3H3. The van der Waals surface area contributed by atoms with Crippen molar-refractivity contribution in [1.29, 1.82) is 0 Å². The molecule has 1 aliphatic carbocycles. The van der Waals surface area contributed by atoms with Gasteiger partial charge in [0.05, 0.1) is 18.5 Å². The molecule has 0 unspecified atom stereocenters. The van der Waals surface area contributed by atoms with E-state index < -0.39 is 0 Å². The molecule has 1 heterocycles. The molecule has 0 amide bonds. The molecule has 0 spiro atoms. The van der Waals surface area contributed by atoms with Crippen LogP contribution in [0, 0.1) is 0 Å². The number of rotatable bonds is 6. The number of nitrogens with one attached hydrogen (secondary N) is 1. The van der Waals surface area contributed by atoms with Crippen molar-refractivity contribution in [2.24, 2.45) is 0 Å².